The lowest BCUT2D eigenvalue weighted by Crippen LogP contribution is -2.25. The predicted octanol–water partition coefficient (Wildman–Crippen LogP) is 2.16. The first-order valence-electron chi connectivity index (χ1n) is 5.02. The zero-order valence-electron chi connectivity index (χ0n) is 8.76. The van der Waals surface area contributed by atoms with Crippen LogP contribution in [0.2, 0.25) is 0 Å². The summed E-state index contributed by atoms with van der Waals surface area (Å²) in [4.78, 5) is 23.4. The quantitative estimate of drug-likeness (QED) is 0.257. The lowest BCUT2D eigenvalue weighted by Gasteiger charge is -2.06. The number of hydrogen-bond donors (Lipinski definition) is 0. The molecule has 0 N–H and O–H groups in total. The van der Waals surface area contributed by atoms with Crippen LogP contribution in [-0.2, 0) is 4.84 Å². The summed E-state index contributed by atoms with van der Waals surface area (Å²) in [7, 11) is 0. The van der Waals surface area contributed by atoms with Crippen molar-refractivity contribution in [3.05, 3.63) is 20.2 Å². The molecule has 0 aromatic heterocycles. The molecule has 15 heavy (non-hydrogen) atoms. The number of hydrogen-bond acceptors (Lipinski definition) is 5. The van der Waals surface area contributed by atoms with Crippen LogP contribution < -0.4 is 0 Å². The molecule has 0 aliphatic rings. The minimum atomic E-state index is -1.51. The Morgan fingerprint density at radius 1 is 1.13 bits per heavy atom. The fourth-order valence-electron chi connectivity index (χ4n) is 1.22. The second-order valence-electron chi connectivity index (χ2n) is 3.27. The van der Waals surface area contributed by atoms with Gasteiger partial charge in [-0.15, -0.1) is 10.1 Å². The van der Waals surface area contributed by atoms with Gasteiger partial charge in [0.1, 0.15) is 0 Å². The van der Waals surface area contributed by atoms with Crippen LogP contribution in [0.25, 0.3) is 0 Å². The van der Waals surface area contributed by atoms with Crippen molar-refractivity contribution in [3.8, 4) is 0 Å². The van der Waals surface area contributed by atoms with Crippen LogP contribution >= 0.6 is 0 Å². The largest absolute Gasteiger partial charge is 0.355 e. The van der Waals surface area contributed by atoms with E-state index in [1.165, 1.54) is 0 Å². The fourth-order valence-corrected chi connectivity index (χ4v) is 1.22. The van der Waals surface area contributed by atoms with Gasteiger partial charge in [-0.05, 0) is 6.42 Å². The van der Waals surface area contributed by atoms with Crippen molar-refractivity contribution in [2.75, 3.05) is 0 Å². The Kier molecular flexibility index (Phi) is 7.21. The Hall–Kier alpha value is -1.40. The Labute approximate surface area is 87.7 Å². The van der Waals surface area contributed by atoms with Crippen molar-refractivity contribution in [2.24, 2.45) is 0 Å². The SMILES string of the molecule is CCCCCCCC(O[N+](=O)[O-])[N+](=O)[O-]. The first-order valence-corrected chi connectivity index (χ1v) is 5.02. The molecule has 1 atom stereocenters. The summed E-state index contributed by atoms with van der Waals surface area (Å²) in [5.74, 6) is 0. The molecule has 0 aliphatic heterocycles. The van der Waals surface area contributed by atoms with Crippen LogP contribution in [-0.4, -0.2) is 16.2 Å². The maximum atomic E-state index is 10.3. The molecule has 0 rings (SSSR count). The molecule has 0 aliphatic carbocycles. The van der Waals surface area contributed by atoms with Gasteiger partial charge < -0.3 is 0 Å². The highest BCUT2D eigenvalue weighted by atomic mass is 17.0. The van der Waals surface area contributed by atoms with Crippen LogP contribution in [0.4, 0.5) is 0 Å². The van der Waals surface area contributed by atoms with Crippen LogP contribution in [0.5, 0.6) is 0 Å². The van der Waals surface area contributed by atoms with Gasteiger partial charge in [0.05, 0.1) is 4.92 Å². The highest BCUT2D eigenvalue weighted by Gasteiger charge is 2.23. The van der Waals surface area contributed by atoms with Crippen LogP contribution in [0, 0.1) is 20.2 Å². The molecule has 0 aromatic carbocycles. The summed E-state index contributed by atoms with van der Waals surface area (Å²) in [5.41, 5.74) is 0. The van der Waals surface area contributed by atoms with E-state index in [2.05, 4.69) is 11.8 Å². The molecule has 0 amide bonds. The molecule has 0 radical (unpaired) electrons. The van der Waals surface area contributed by atoms with E-state index in [1.807, 2.05) is 0 Å². The van der Waals surface area contributed by atoms with E-state index in [-0.39, 0.29) is 6.42 Å². The van der Waals surface area contributed by atoms with Gasteiger partial charge in [0, 0.05) is 6.42 Å². The zero-order chi connectivity index (χ0) is 11.7. The van der Waals surface area contributed by atoms with Gasteiger partial charge in [-0.3, -0.25) is 10.1 Å². The first kappa shape index (κ1) is 13.6. The standard InChI is InChI=1S/C8H16N2O5/c1-2-3-4-5-6-7-8(9(11)12)15-10(13)14/h8H,2-7H2,1H3. The Morgan fingerprint density at radius 2 is 1.73 bits per heavy atom. The summed E-state index contributed by atoms with van der Waals surface area (Å²) in [6.07, 6.45) is 3.18. The lowest BCUT2D eigenvalue weighted by atomic mass is 10.1. The number of nitro groups is 1. The van der Waals surface area contributed by atoms with Gasteiger partial charge in [-0.1, -0.05) is 32.6 Å². The summed E-state index contributed by atoms with van der Waals surface area (Å²) >= 11 is 0. The molecule has 1 unspecified atom stereocenters. The molecular weight excluding hydrogens is 204 g/mol. The van der Waals surface area contributed by atoms with E-state index in [0.29, 0.717) is 6.42 Å². The van der Waals surface area contributed by atoms with Gasteiger partial charge >= 0.3 is 11.3 Å². The number of rotatable bonds is 9. The highest BCUT2D eigenvalue weighted by molar-refractivity contribution is 4.46. The average molecular weight is 220 g/mol. The van der Waals surface area contributed by atoms with E-state index in [4.69, 9.17) is 0 Å². The minimum absolute atomic E-state index is 0.0949. The van der Waals surface area contributed by atoms with E-state index in [0.717, 1.165) is 25.7 Å². The lowest BCUT2D eigenvalue weighted by molar-refractivity contribution is -0.826. The Balaban J connectivity index is 3.67. The summed E-state index contributed by atoms with van der Waals surface area (Å²) in [5, 5.41) is 19.1. The van der Waals surface area contributed by atoms with Gasteiger partial charge in [0.2, 0.25) is 0 Å². The third kappa shape index (κ3) is 7.65. The van der Waals surface area contributed by atoms with Crippen molar-refractivity contribution < 1.29 is 14.8 Å². The van der Waals surface area contributed by atoms with E-state index in [9.17, 15) is 20.2 Å². The maximum Gasteiger partial charge on any atom is 0.355 e. The number of unbranched alkanes of at least 4 members (excludes halogenated alkanes) is 4. The third-order valence-corrected chi connectivity index (χ3v) is 2.00. The Bertz CT molecular complexity index is 209. The van der Waals surface area contributed by atoms with Gasteiger partial charge in [-0.25, -0.2) is 4.84 Å². The van der Waals surface area contributed by atoms with Gasteiger partial charge in [-0.2, -0.15) is 0 Å². The molecule has 0 spiro atoms. The highest BCUT2D eigenvalue weighted by Crippen LogP contribution is 2.09. The maximum absolute atomic E-state index is 10.3. The normalized spacial score (nSPS) is 12.1. The first-order chi connectivity index (χ1) is 7.07. The summed E-state index contributed by atoms with van der Waals surface area (Å²) in [6.45, 7) is 2.07. The Morgan fingerprint density at radius 3 is 2.20 bits per heavy atom. The smallest absolute Gasteiger partial charge is 0.262 e. The third-order valence-electron chi connectivity index (χ3n) is 2.00. The van der Waals surface area contributed by atoms with Crippen molar-refractivity contribution in [2.45, 2.75) is 51.7 Å². The van der Waals surface area contributed by atoms with Crippen LogP contribution in [0.1, 0.15) is 45.4 Å². The molecule has 0 fully saturated rings. The minimum Gasteiger partial charge on any atom is -0.262 e. The van der Waals surface area contributed by atoms with Crippen molar-refractivity contribution >= 4 is 0 Å². The van der Waals surface area contributed by atoms with E-state index in [1.54, 1.807) is 0 Å². The molecule has 0 aromatic rings. The summed E-state index contributed by atoms with van der Waals surface area (Å²) < 4.78 is 0. The molecule has 7 nitrogen and oxygen atoms in total. The van der Waals surface area contributed by atoms with Gasteiger partial charge in [0.25, 0.3) is 0 Å². The second kappa shape index (κ2) is 7.95. The van der Waals surface area contributed by atoms with E-state index >= 15 is 0 Å². The monoisotopic (exact) mass is 220 g/mol. The molecule has 0 bridgehead atoms. The topological polar surface area (TPSA) is 95.5 Å². The number of nitrogens with zero attached hydrogens (tertiary/aromatic N) is 2. The predicted molar refractivity (Wildman–Crippen MR) is 52.2 cm³/mol. The molecule has 88 valence electrons. The molecule has 7 heteroatoms. The fraction of sp³-hybridized carbons (Fsp3) is 1.00. The molecule has 0 heterocycles. The van der Waals surface area contributed by atoms with Crippen molar-refractivity contribution in [1.82, 2.24) is 0 Å². The zero-order valence-corrected chi connectivity index (χ0v) is 8.76. The summed E-state index contributed by atoms with van der Waals surface area (Å²) in [6, 6.07) is 0. The molecular formula is C8H16N2O5. The average Bonchev–Trinajstić information content (AvgIpc) is 2.15. The van der Waals surface area contributed by atoms with Crippen LogP contribution in [0.3, 0.4) is 0 Å². The van der Waals surface area contributed by atoms with Crippen molar-refractivity contribution in [1.29, 1.82) is 0 Å². The molecule has 0 saturated heterocycles. The second-order valence-corrected chi connectivity index (χ2v) is 3.27. The molecule has 0 saturated carbocycles. The van der Waals surface area contributed by atoms with Crippen LogP contribution in [0.15, 0.2) is 0 Å². The van der Waals surface area contributed by atoms with Crippen molar-refractivity contribution in [3.63, 3.8) is 0 Å². The van der Waals surface area contributed by atoms with Gasteiger partial charge in [0.15, 0.2) is 0 Å². The van der Waals surface area contributed by atoms with E-state index < -0.39 is 16.2 Å².